The number of hydrogen-bond donors (Lipinski definition) is 2. The van der Waals surface area contributed by atoms with Crippen molar-refractivity contribution < 1.29 is 16.8 Å². The summed E-state index contributed by atoms with van der Waals surface area (Å²) in [7, 11) is -5.94. The first kappa shape index (κ1) is 15.0. The highest BCUT2D eigenvalue weighted by Crippen LogP contribution is 2.22. The van der Waals surface area contributed by atoms with E-state index in [0.29, 0.717) is 18.0 Å². The van der Waals surface area contributed by atoms with Gasteiger partial charge < -0.3 is 10.6 Å². The molecular formula is C10H18N2O4S3. The molecule has 0 aliphatic carbocycles. The normalized spacial score (nSPS) is 35.9. The Morgan fingerprint density at radius 2 is 1.89 bits per heavy atom. The molecule has 2 N–H and O–H groups in total. The van der Waals surface area contributed by atoms with Crippen LogP contribution in [0, 0.1) is 0 Å². The van der Waals surface area contributed by atoms with Crippen molar-refractivity contribution in [3.63, 3.8) is 0 Å². The standard InChI is InChI=1S/C10H18N2O4S3/c1-10(3-5-19(15,16)7-10)12-9(17)11-8-2-4-18(13,14)6-8/h8H,2-7H2,1H3,(H2,11,12,17)/t8-,10+/m1/s1. The van der Waals surface area contributed by atoms with Crippen molar-refractivity contribution in [1.82, 2.24) is 10.6 Å². The first-order valence-electron chi connectivity index (χ1n) is 6.09. The van der Waals surface area contributed by atoms with Gasteiger partial charge in [0.05, 0.1) is 28.6 Å². The summed E-state index contributed by atoms with van der Waals surface area (Å²) >= 11 is 5.14. The highest BCUT2D eigenvalue weighted by atomic mass is 32.2. The van der Waals surface area contributed by atoms with E-state index in [4.69, 9.17) is 12.2 Å². The van der Waals surface area contributed by atoms with Crippen LogP contribution in [0.5, 0.6) is 0 Å². The minimum Gasteiger partial charge on any atom is -0.359 e. The van der Waals surface area contributed by atoms with E-state index < -0.39 is 25.2 Å². The molecule has 0 spiro atoms. The quantitative estimate of drug-likeness (QED) is 0.643. The Bertz CT molecular complexity index is 584. The van der Waals surface area contributed by atoms with Crippen molar-refractivity contribution in [3.8, 4) is 0 Å². The van der Waals surface area contributed by atoms with Crippen molar-refractivity contribution in [2.45, 2.75) is 31.3 Å². The minimum atomic E-state index is -2.99. The van der Waals surface area contributed by atoms with E-state index in [0.717, 1.165) is 0 Å². The fraction of sp³-hybridized carbons (Fsp3) is 0.900. The Morgan fingerprint density at radius 3 is 2.37 bits per heavy atom. The van der Waals surface area contributed by atoms with E-state index in [9.17, 15) is 16.8 Å². The molecule has 0 aromatic carbocycles. The molecule has 19 heavy (non-hydrogen) atoms. The molecule has 0 radical (unpaired) electrons. The lowest BCUT2D eigenvalue weighted by molar-refractivity contribution is 0.464. The van der Waals surface area contributed by atoms with E-state index in [2.05, 4.69) is 10.6 Å². The third-order valence-corrected chi connectivity index (χ3v) is 7.38. The van der Waals surface area contributed by atoms with Gasteiger partial charge in [0.1, 0.15) is 0 Å². The topological polar surface area (TPSA) is 92.3 Å². The maximum absolute atomic E-state index is 11.5. The molecule has 2 rings (SSSR count). The molecule has 9 heteroatoms. The second-order valence-corrected chi connectivity index (χ2v) is 10.4. The molecule has 0 aromatic heterocycles. The average Bonchev–Trinajstić information content (AvgIpc) is 2.66. The molecule has 2 saturated heterocycles. The molecule has 0 unspecified atom stereocenters. The molecule has 2 atom stereocenters. The predicted molar refractivity (Wildman–Crippen MR) is 77.6 cm³/mol. The fourth-order valence-corrected chi connectivity index (χ4v) is 6.69. The second kappa shape index (κ2) is 4.85. The molecule has 2 aliphatic heterocycles. The van der Waals surface area contributed by atoms with E-state index >= 15 is 0 Å². The van der Waals surface area contributed by atoms with Crippen LogP contribution in [0.4, 0.5) is 0 Å². The molecule has 110 valence electrons. The fourth-order valence-electron chi connectivity index (χ4n) is 2.51. The van der Waals surface area contributed by atoms with Gasteiger partial charge in [0.15, 0.2) is 24.8 Å². The van der Waals surface area contributed by atoms with Crippen LogP contribution in [0.15, 0.2) is 0 Å². The van der Waals surface area contributed by atoms with Gasteiger partial charge >= 0.3 is 0 Å². The molecule has 0 saturated carbocycles. The third-order valence-electron chi connectivity index (χ3n) is 3.49. The van der Waals surface area contributed by atoms with Gasteiger partial charge in [0.2, 0.25) is 0 Å². The largest absolute Gasteiger partial charge is 0.359 e. The van der Waals surface area contributed by atoms with Gasteiger partial charge in [-0.15, -0.1) is 0 Å². The number of hydrogen-bond acceptors (Lipinski definition) is 5. The van der Waals surface area contributed by atoms with E-state index in [1.807, 2.05) is 6.92 Å². The third kappa shape index (κ3) is 4.03. The van der Waals surface area contributed by atoms with Gasteiger partial charge in [-0.05, 0) is 32.0 Å². The van der Waals surface area contributed by atoms with Crippen LogP contribution in [0.25, 0.3) is 0 Å². The van der Waals surface area contributed by atoms with Crippen LogP contribution in [-0.4, -0.2) is 56.5 Å². The van der Waals surface area contributed by atoms with Gasteiger partial charge in [-0.2, -0.15) is 0 Å². The summed E-state index contributed by atoms with van der Waals surface area (Å²) in [6, 6.07) is -0.174. The van der Waals surface area contributed by atoms with E-state index in [1.165, 1.54) is 0 Å². The summed E-state index contributed by atoms with van der Waals surface area (Å²) in [5.41, 5.74) is -0.555. The predicted octanol–water partition coefficient (Wildman–Crippen LogP) is -0.785. The van der Waals surface area contributed by atoms with Gasteiger partial charge in [-0.1, -0.05) is 0 Å². The lowest BCUT2D eigenvalue weighted by atomic mass is 10.0. The van der Waals surface area contributed by atoms with Gasteiger partial charge in [0, 0.05) is 6.04 Å². The van der Waals surface area contributed by atoms with Crippen LogP contribution in [0.2, 0.25) is 0 Å². The van der Waals surface area contributed by atoms with Crippen molar-refractivity contribution in [2.75, 3.05) is 23.0 Å². The highest BCUT2D eigenvalue weighted by molar-refractivity contribution is 7.92. The molecule has 0 aromatic rings. The van der Waals surface area contributed by atoms with Crippen LogP contribution in [-0.2, 0) is 19.7 Å². The zero-order chi connectivity index (χ0) is 14.3. The smallest absolute Gasteiger partial charge is 0.166 e. The summed E-state index contributed by atoms with van der Waals surface area (Å²) in [5, 5.41) is 6.31. The lowest BCUT2D eigenvalue weighted by Gasteiger charge is -2.27. The Balaban J connectivity index is 1.89. The number of nitrogens with one attached hydrogen (secondary N) is 2. The Kier molecular flexibility index (Phi) is 3.83. The molecule has 2 heterocycles. The summed E-state index contributed by atoms with van der Waals surface area (Å²) in [6.07, 6.45) is 1.05. The first-order chi connectivity index (χ1) is 8.59. The van der Waals surface area contributed by atoms with Crippen LogP contribution < -0.4 is 10.6 Å². The van der Waals surface area contributed by atoms with Crippen LogP contribution in [0.3, 0.4) is 0 Å². The molecule has 2 fully saturated rings. The van der Waals surface area contributed by atoms with Crippen molar-refractivity contribution in [3.05, 3.63) is 0 Å². The summed E-state index contributed by atoms with van der Waals surface area (Å²) in [4.78, 5) is 0. The Morgan fingerprint density at radius 1 is 1.21 bits per heavy atom. The maximum atomic E-state index is 11.5. The highest BCUT2D eigenvalue weighted by Gasteiger charge is 2.39. The maximum Gasteiger partial charge on any atom is 0.166 e. The first-order valence-corrected chi connectivity index (χ1v) is 10.1. The van der Waals surface area contributed by atoms with Crippen molar-refractivity contribution in [2.24, 2.45) is 0 Å². The zero-order valence-corrected chi connectivity index (χ0v) is 13.1. The number of rotatable bonds is 2. The van der Waals surface area contributed by atoms with Gasteiger partial charge in [-0.25, -0.2) is 16.8 Å². The number of thiocarbonyl (C=S) groups is 1. The Hall–Kier alpha value is -0.410. The van der Waals surface area contributed by atoms with Crippen molar-refractivity contribution in [1.29, 1.82) is 0 Å². The SMILES string of the molecule is C[C@]1(NC(=S)N[C@@H]2CCS(=O)(=O)C2)CCS(=O)(=O)C1. The van der Waals surface area contributed by atoms with E-state index in [1.54, 1.807) is 0 Å². The van der Waals surface area contributed by atoms with Gasteiger partial charge in [0.25, 0.3) is 0 Å². The lowest BCUT2D eigenvalue weighted by Crippen LogP contribution is -2.53. The van der Waals surface area contributed by atoms with Gasteiger partial charge in [-0.3, -0.25) is 0 Å². The molecule has 0 bridgehead atoms. The number of sulfone groups is 2. The van der Waals surface area contributed by atoms with Crippen LogP contribution in [0.1, 0.15) is 19.8 Å². The molecule has 6 nitrogen and oxygen atoms in total. The van der Waals surface area contributed by atoms with Crippen molar-refractivity contribution >= 4 is 37.0 Å². The molecular weight excluding hydrogens is 308 g/mol. The molecule has 2 aliphatic rings. The summed E-state index contributed by atoms with van der Waals surface area (Å²) in [5.74, 6) is 0.491. The minimum absolute atomic E-state index is 0.0603. The van der Waals surface area contributed by atoms with E-state index in [-0.39, 0.29) is 29.1 Å². The monoisotopic (exact) mass is 326 g/mol. The summed E-state index contributed by atoms with van der Waals surface area (Å²) < 4.78 is 45.6. The Labute approximate surface area is 119 Å². The molecule has 0 amide bonds. The summed E-state index contributed by atoms with van der Waals surface area (Å²) in [6.45, 7) is 1.82. The average molecular weight is 326 g/mol. The second-order valence-electron chi connectivity index (χ2n) is 5.60. The zero-order valence-electron chi connectivity index (χ0n) is 10.7. The van der Waals surface area contributed by atoms with Crippen LogP contribution >= 0.6 is 12.2 Å².